The van der Waals surface area contributed by atoms with Gasteiger partial charge in [0.05, 0.1) is 5.69 Å². The van der Waals surface area contributed by atoms with Crippen molar-refractivity contribution >= 4 is 5.82 Å². The topological polar surface area (TPSA) is 32.3 Å². The highest BCUT2D eigenvalue weighted by Crippen LogP contribution is 2.35. The van der Waals surface area contributed by atoms with Gasteiger partial charge in [0.2, 0.25) is 0 Å². The normalized spacial score (nSPS) is 24.2. The van der Waals surface area contributed by atoms with Gasteiger partial charge in [-0.05, 0) is 37.1 Å². The highest BCUT2D eigenvalue weighted by atomic mass is 19.1. The van der Waals surface area contributed by atoms with Gasteiger partial charge < -0.3 is 4.90 Å². The summed E-state index contributed by atoms with van der Waals surface area (Å²) in [6, 6.07) is 8.03. The first-order valence-electron chi connectivity index (χ1n) is 7.74. The first kappa shape index (κ1) is 13.6. The molecule has 22 heavy (non-hydrogen) atoms. The lowest BCUT2D eigenvalue weighted by molar-refractivity contribution is 0.226. The summed E-state index contributed by atoms with van der Waals surface area (Å²) in [5, 5.41) is 0. The van der Waals surface area contributed by atoms with Gasteiger partial charge in [-0.25, -0.2) is 9.37 Å². The van der Waals surface area contributed by atoms with E-state index in [0.717, 1.165) is 31.7 Å². The average molecular weight is 298 g/mol. The fraction of sp³-hybridized carbons (Fsp3) is 0.412. The molecule has 0 amide bonds. The molecule has 4 rings (SSSR count). The molecule has 0 spiro atoms. The van der Waals surface area contributed by atoms with E-state index in [1.54, 1.807) is 12.3 Å². The molecule has 2 unspecified atom stereocenters. The van der Waals surface area contributed by atoms with Gasteiger partial charge in [0.25, 0.3) is 0 Å². The Morgan fingerprint density at radius 1 is 1.14 bits per heavy atom. The molecule has 2 fully saturated rings. The zero-order valence-corrected chi connectivity index (χ0v) is 12.6. The number of halogens is 1. The number of aryl methyl sites for hydroxylation is 1. The van der Waals surface area contributed by atoms with Gasteiger partial charge in [0, 0.05) is 44.1 Å². The SMILES string of the molecule is Cc1cccnc1CN1CC2CC1CN2c1ncccc1F. The molecule has 5 heteroatoms. The van der Waals surface area contributed by atoms with Gasteiger partial charge in [0.1, 0.15) is 0 Å². The number of fused-ring (bicyclic) bond motifs is 2. The summed E-state index contributed by atoms with van der Waals surface area (Å²) in [6.45, 7) is 4.79. The monoisotopic (exact) mass is 298 g/mol. The second kappa shape index (κ2) is 5.32. The number of piperazine rings is 1. The third-order valence-corrected chi connectivity index (χ3v) is 4.84. The van der Waals surface area contributed by atoms with Gasteiger partial charge in [-0.2, -0.15) is 0 Å². The zero-order valence-electron chi connectivity index (χ0n) is 12.6. The van der Waals surface area contributed by atoms with E-state index < -0.39 is 0 Å². The second-order valence-electron chi connectivity index (χ2n) is 6.20. The molecular weight excluding hydrogens is 279 g/mol. The summed E-state index contributed by atoms with van der Waals surface area (Å²) >= 11 is 0. The number of nitrogens with zero attached hydrogens (tertiary/aromatic N) is 4. The minimum atomic E-state index is -0.220. The van der Waals surface area contributed by atoms with Crippen LogP contribution in [0.4, 0.5) is 10.2 Å². The van der Waals surface area contributed by atoms with Crippen LogP contribution in [-0.4, -0.2) is 40.0 Å². The van der Waals surface area contributed by atoms with Crippen LogP contribution in [0.1, 0.15) is 17.7 Å². The van der Waals surface area contributed by atoms with Crippen molar-refractivity contribution in [3.63, 3.8) is 0 Å². The predicted molar refractivity (Wildman–Crippen MR) is 83.1 cm³/mol. The molecule has 2 atom stereocenters. The van der Waals surface area contributed by atoms with Crippen molar-refractivity contribution in [2.24, 2.45) is 0 Å². The van der Waals surface area contributed by atoms with Crippen molar-refractivity contribution in [2.45, 2.75) is 32.0 Å². The van der Waals surface area contributed by atoms with E-state index in [1.807, 2.05) is 12.3 Å². The smallest absolute Gasteiger partial charge is 0.165 e. The Kier molecular flexibility index (Phi) is 3.30. The molecule has 2 aromatic heterocycles. The average Bonchev–Trinajstić information content (AvgIpc) is 3.10. The lowest BCUT2D eigenvalue weighted by Gasteiger charge is -2.35. The van der Waals surface area contributed by atoms with Gasteiger partial charge in [-0.3, -0.25) is 9.88 Å². The van der Waals surface area contributed by atoms with E-state index in [1.165, 1.54) is 11.6 Å². The van der Waals surface area contributed by atoms with Crippen LogP contribution in [-0.2, 0) is 6.54 Å². The van der Waals surface area contributed by atoms with Gasteiger partial charge >= 0.3 is 0 Å². The molecule has 0 aliphatic carbocycles. The Balaban J connectivity index is 1.49. The summed E-state index contributed by atoms with van der Waals surface area (Å²) < 4.78 is 13.9. The number of hydrogen-bond acceptors (Lipinski definition) is 4. The number of rotatable bonds is 3. The van der Waals surface area contributed by atoms with E-state index in [2.05, 4.69) is 32.8 Å². The predicted octanol–water partition coefficient (Wildman–Crippen LogP) is 2.39. The summed E-state index contributed by atoms with van der Waals surface area (Å²) in [7, 11) is 0. The minimum Gasteiger partial charge on any atom is -0.348 e. The maximum Gasteiger partial charge on any atom is 0.165 e. The van der Waals surface area contributed by atoms with Crippen LogP contribution in [0.3, 0.4) is 0 Å². The number of pyridine rings is 2. The Morgan fingerprint density at radius 3 is 2.68 bits per heavy atom. The van der Waals surface area contributed by atoms with Crippen molar-refractivity contribution in [3.8, 4) is 0 Å². The molecule has 0 N–H and O–H groups in total. The van der Waals surface area contributed by atoms with E-state index in [0.29, 0.717) is 17.9 Å². The number of anilines is 1. The maximum absolute atomic E-state index is 13.9. The highest BCUT2D eigenvalue weighted by molar-refractivity contribution is 5.44. The van der Waals surface area contributed by atoms with E-state index in [4.69, 9.17) is 0 Å². The third kappa shape index (κ3) is 2.25. The van der Waals surface area contributed by atoms with Crippen molar-refractivity contribution in [1.82, 2.24) is 14.9 Å². The van der Waals surface area contributed by atoms with Crippen LogP contribution < -0.4 is 4.90 Å². The van der Waals surface area contributed by atoms with Crippen LogP contribution in [0, 0.1) is 12.7 Å². The molecule has 0 radical (unpaired) electrons. The molecule has 2 aliphatic rings. The Hall–Kier alpha value is -2.01. The largest absolute Gasteiger partial charge is 0.348 e. The van der Waals surface area contributed by atoms with Crippen LogP contribution in [0.15, 0.2) is 36.7 Å². The zero-order chi connectivity index (χ0) is 15.1. The highest BCUT2D eigenvalue weighted by Gasteiger charge is 2.44. The van der Waals surface area contributed by atoms with Crippen molar-refractivity contribution in [3.05, 3.63) is 53.7 Å². The van der Waals surface area contributed by atoms with Crippen molar-refractivity contribution in [1.29, 1.82) is 0 Å². The molecule has 4 nitrogen and oxygen atoms in total. The van der Waals surface area contributed by atoms with Crippen LogP contribution >= 0.6 is 0 Å². The quantitative estimate of drug-likeness (QED) is 0.871. The van der Waals surface area contributed by atoms with Crippen LogP contribution in [0.2, 0.25) is 0 Å². The minimum absolute atomic E-state index is 0.220. The molecule has 114 valence electrons. The van der Waals surface area contributed by atoms with E-state index in [-0.39, 0.29) is 5.82 Å². The van der Waals surface area contributed by atoms with Crippen LogP contribution in [0.5, 0.6) is 0 Å². The van der Waals surface area contributed by atoms with Gasteiger partial charge in [0.15, 0.2) is 11.6 Å². The van der Waals surface area contributed by atoms with Crippen molar-refractivity contribution in [2.75, 3.05) is 18.0 Å². The molecule has 2 aliphatic heterocycles. The Morgan fingerprint density at radius 2 is 1.95 bits per heavy atom. The summed E-state index contributed by atoms with van der Waals surface area (Å²) in [4.78, 5) is 13.3. The first-order chi connectivity index (χ1) is 10.7. The molecular formula is C17H19FN4. The fourth-order valence-corrected chi connectivity index (χ4v) is 3.67. The number of likely N-dealkylation sites (tertiary alicyclic amines) is 1. The van der Waals surface area contributed by atoms with Crippen LogP contribution in [0.25, 0.3) is 0 Å². The van der Waals surface area contributed by atoms with Gasteiger partial charge in [-0.1, -0.05) is 6.07 Å². The summed E-state index contributed by atoms with van der Waals surface area (Å²) in [6.07, 6.45) is 4.60. The molecule has 2 bridgehead atoms. The first-order valence-corrected chi connectivity index (χ1v) is 7.74. The third-order valence-electron chi connectivity index (χ3n) is 4.84. The molecule has 2 aromatic rings. The number of hydrogen-bond donors (Lipinski definition) is 0. The second-order valence-corrected chi connectivity index (χ2v) is 6.20. The molecule has 0 aromatic carbocycles. The summed E-state index contributed by atoms with van der Waals surface area (Å²) in [5.41, 5.74) is 2.38. The van der Waals surface area contributed by atoms with E-state index >= 15 is 0 Å². The van der Waals surface area contributed by atoms with E-state index in [9.17, 15) is 4.39 Å². The Bertz CT molecular complexity index is 690. The molecule has 4 heterocycles. The molecule has 2 saturated heterocycles. The Labute approximate surface area is 129 Å². The summed E-state index contributed by atoms with van der Waals surface area (Å²) in [5.74, 6) is 0.283. The fourth-order valence-electron chi connectivity index (χ4n) is 3.67. The molecule has 0 saturated carbocycles. The van der Waals surface area contributed by atoms with Crippen molar-refractivity contribution < 1.29 is 4.39 Å². The lowest BCUT2D eigenvalue weighted by atomic mass is 10.2. The lowest BCUT2D eigenvalue weighted by Crippen LogP contribution is -2.46. The maximum atomic E-state index is 13.9. The number of aromatic nitrogens is 2. The van der Waals surface area contributed by atoms with Gasteiger partial charge in [-0.15, -0.1) is 0 Å². The standard InChI is InChI=1S/C17H19FN4/c1-12-4-2-6-19-16(12)11-21-9-14-8-13(21)10-22(14)17-15(18)5-3-7-20-17/h2-7,13-14H,8-11H2,1H3.